The van der Waals surface area contributed by atoms with Gasteiger partial charge in [0.1, 0.15) is 18.4 Å². The predicted molar refractivity (Wildman–Crippen MR) is 85.3 cm³/mol. The number of imidazole rings is 1. The SMILES string of the molecule is CCOCc1nc2cnc(C)c(C)c2n1NC1CCCCO1. The molecule has 0 aromatic carbocycles. The first-order valence-corrected chi connectivity index (χ1v) is 8.00. The largest absolute Gasteiger partial charge is 0.374 e. The monoisotopic (exact) mass is 304 g/mol. The Morgan fingerprint density at radius 2 is 2.27 bits per heavy atom. The number of rotatable bonds is 5. The molecule has 1 unspecified atom stereocenters. The van der Waals surface area contributed by atoms with E-state index in [2.05, 4.69) is 22.3 Å². The number of hydrogen-bond donors (Lipinski definition) is 1. The van der Waals surface area contributed by atoms with Crippen molar-refractivity contribution in [1.29, 1.82) is 0 Å². The highest BCUT2D eigenvalue weighted by molar-refractivity contribution is 5.79. The van der Waals surface area contributed by atoms with Gasteiger partial charge >= 0.3 is 0 Å². The van der Waals surface area contributed by atoms with Gasteiger partial charge in [-0.15, -0.1) is 0 Å². The molecule has 0 amide bonds. The topological polar surface area (TPSA) is 61.2 Å². The van der Waals surface area contributed by atoms with E-state index in [-0.39, 0.29) is 6.23 Å². The van der Waals surface area contributed by atoms with Crippen LogP contribution in [0.2, 0.25) is 0 Å². The number of nitrogens with zero attached hydrogens (tertiary/aromatic N) is 3. The lowest BCUT2D eigenvalue weighted by molar-refractivity contribution is 0.0255. The molecule has 3 rings (SSSR count). The van der Waals surface area contributed by atoms with Crippen molar-refractivity contribution in [1.82, 2.24) is 14.6 Å². The second-order valence-corrected chi connectivity index (χ2v) is 5.69. The maximum absolute atomic E-state index is 5.81. The number of nitrogens with one attached hydrogen (secondary N) is 1. The van der Waals surface area contributed by atoms with Crippen LogP contribution in [0.3, 0.4) is 0 Å². The average molecular weight is 304 g/mol. The van der Waals surface area contributed by atoms with Crippen molar-refractivity contribution in [3.63, 3.8) is 0 Å². The molecule has 2 aromatic rings. The molecule has 1 N–H and O–H groups in total. The van der Waals surface area contributed by atoms with E-state index in [0.29, 0.717) is 13.2 Å². The highest BCUT2D eigenvalue weighted by Crippen LogP contribution is 2.22. The van der Waals surface area contributed by atoms with Crippen molar-refractivity contribution >= 4 is 11.0 Å². The van der Waals surface area contributed by atoms with Crippen LogP contribution in [0.15, 0.2) is 6.20 Å². The smallest absolute Gasteiger partial charge is 0.154 e. The van der Waals surface area contributed by atoms with E-state index in [0.717, 1.165) is 47.6 Å². The van der Waals surface area contributed by atoms with Crippen LogP contribution in [0.4, 0.5) is 0 Å². The molecule has 6 nitrogen and oxygen atoms in total. The molecule has 0 bridgehead atoms. The third-order valence-electron chi connectivity index (χ3n) is 4.14. The molecule has 120 valence electrons. The Hall–Kier alpha value is -1.66. The third-order valence-corrected chi connectivity index (χ3v) is 4.14. The van der Waals surface area contributed by atoms with Gasteiger partial charge in [-0.05, 0) is 45.6 Å². The summed E-state index contributed by atoms with van der Waals surface area (Å²) >= 11 is 0. The molecule has 1 atom stereocenters. The minimum Gasteiger partial charge on any atom is -0.374 e. The Balaban J connectivity index is 2.00. The number of ether oxygens (including phenoxy) is 2. The molecule has 6 heteroatoms. The molecular formula is C16H24N4O2. The van der Waals surface area contributed by atoms with Crippen LogP contribution in [0.25, 0.3) is 11.0 Å². The third kappa shape index (κ3) is 2.94. The standard InChI is InChI=1S/C16H24N4O2/c1-4-21-10-14-18-13-9-17-12(3)11(2)16(13)20(14)19-15-7-5-6-8-22-15/h9,15,19H,4-8,10H2,1-3H3. The minimum absolute atomic E-state index is 0.0272. The normalized spacial score (nSPS) is 18.8. The second kappa shape index (κ2) is 6.62. The predicted octanol–water partition coefficient (Wildman–Crippen LogP) is 2.65. The van der Waals surface area contributed by atoms with E-state index in [4.69, 9.17) is 9.47 Å². The Morgan fingerprint density at radius 1 is 1.41 bits per heavy atom. The number of aromatic nitrogens is 3. The Morgan fingerprint density at radius 3 is 3.00 bits per heavy atom. The van der Waals surface area contributed by atoms with E-state index in [9.17, 15) is 0 Å². The van der Waals surface area contributed by atoms with Gasteiger partial charge in [-0.1, -0.05) is 0 Å². The van der Waals surface area contributed by atoms with Crippen LogP contribution < -0.4 is 5.43 Å². The first kappa shape index (κ1) is 15.2. The van der Waals surface area contributed by atoms with Gasteiger partial charge in [0.25, 0.3) is 0 Å². The molecule has 0 spiro atoms. The summed E-state index contributed by atoms with van der Waals surface area (Å²) in [4.78, 5) is 9.09. The van der Waals surface area contributed by atoms with Crippen molar-refractivity contribution in [3.8, 4) is 0 Å². The Bertz CT molecular complexity index is 647. The van der Waals surface area contributed by atoms with E-state index in [1.54, 1.807) is 0 Å². The lowest BCUT2D eigenvalue weighted by atomic mass is 10.2. The van der Waals surface area contributed by atoms with Crippen LogP contribution in [0.1, 0.15) is 43.3 Å². The van der Waals surface area contributed by atoms with Crippen molar-refractivity contribution in [2.24, 2.45) is 0 Å². The summed E-state index contributed by atoms with van der Waals surface area (Å²) in [5.41, 5.74) is 7.58. The fourth-order valence-corrected chi connectivity index (χ4v) is 2.78. The van der Waals surface area contributed by atoms with Crippen molar-refractivity contribution in [2.75, 3.05) is 18.6 Å². The van der Waals surface area contributed by atoms with Gasteiger partial charge in [0, 0.05) is 18.9 Å². The summed E-state index contributed by atoms with van der Waals surface area (Å²) in [6, 6.07) is 0. The van der Waals surface area contributed by atoms with Crippen molar-refractivity contribution in [3.05, 3.63) is 23.3 Å². The number of hydrogen-bond acceptors (Lipinski definition) is 5. The van der Waals surface area contributed by atoms with Gasteiger partial charge in [0.2, 0.25) is 0 Å². The molecule has 0 aliphatic carbocycles. The van der Waals surface area contributed by atoms with E-state index >= 15 is 0 Å². The number of aryl methyl sites for hydroxylation is 2. The quantitative estimate of drug-likeness (QED) is 0.920. The van der Waals surface area contributed by atoms with Crippen molar-refractivity contribution < 1.29 is 9.47 Å². The van der Waals surface area contributed by atoms with Crippen LogP contribution in [-0.4, -0.2) is 34.1 Å². The van der Waals surface area contributed by atoms with Gasteiger partial charge in [0.15, 0.2) is 5.82 Å². The molecule has 1 aliphatic rings. The van der Waals surface area contributed by atoms with Gasteiger partial charge in [-0.3, -0.25) is 10.4 Å². The summed E-state index contributed by atoms with van der Waals surface area (Å²) < 4.78 is 13.4. The molecule has 3 heterocycles. The van der Waals surface area contributed by atoms with Crippen LogP contribution in [0.5, 0.6) is 0 Å². The van der Waals surface area contributed by atoms with Crippen molar-refractivity contribution in [2.45, 2.75) is 52.9 Å². The first-order valence-electron chi connectivity index (χ1n) is 8.00. The van der Waals surface area contributed by atoms with E-state index in [1.807, 2.05) is 24.7 Å². The summed E-state index contributed by atoms with van der Waals surface area (Å²) in [5, 5.41) is 0. The van der Waals surface area contributed by atoms with Gasteiger partial charge < -0.3 is 9.47 Å². The molecule has 1 saturated heterocycles. The summed E-state index contributed by atoms with van der Waals surface area (Å²) in [5.74, 6) is 0.863. The van der Waals surface area contributed by atoms with Gasteiger partial charge in [0.05, 0.1) is 11.7 Å². The lowest BCUT2D eigenvalue weighted by Crippen LogP contribution is -2.34. The fraction of sp³-hybridized carbons (Fsp3) is 0.625. The lowest BCUT2D eigenvalue weighted by Gasteiger charge is -2.26. The van der Waals surface area contributed by atoms with E-state index < -0.39 is 0 Å². The number of fused-ring (bicyclic) bond motifs is 1. The van der Waals surface area contributed by atoms with Crippen LogP contribution in [0, 0.1) is 13.8 Å². The average Bonchev–Trinajstić information content (AvgIpc) is 2.88. The summed E-state index contributed by atoms with van der Waals surface area (Å²) in [7, 11) is 0. The summed E-state index contributed by atoms with van der Waals surface area (Å²) in [6.45, 7) is 8.04. The van der Waals surface area contributed by atoms with Crippen LogP contribution in [-0.2, 0) is 16.1 Å². The zero-order valence-corrected chi connectivity index (χ0v) is 13.6. The molecule has 2 aromatic heterocycles. The molecule has 1 fully saturated rings. The maximum atomic E-state index is 5.81. The molecule has 0 saturated carbocycles. The Kier molecular flexibility index (Phi) is 4.59. The van der Waals surface area contributed by atoms with Crippen LogP contribution >= 0.6 is 0 Å². The highest BCUT2D eigenvalue weighted by Gasteiger charge is 2.19. The minimum atomic E-state index is 0.0272. The molecular weight excluding hydrogens is 280 g/mol. The summed E-state index contributed by atoms with van der Waals surface area (Å²) in [6.07, 6.45) is 5.19. The molecule has 0 radical (unpaired) electrons. The Labute approximate surface area is 130 Å². The van der Waals surface area contributed by atoms with Gasteiger partial charge in [-0.25, -0.2) is 9.66 Å². The fourth-order valence-electron chi connectivity index (χ4n) is 2.78. The first-order chi connectivity index (χ1) is 10.7. The molecule has 22 heavy (non-hydrogen) atoms. The number of pyridine rings is 1. The maximum Gasteiger partial charge on any atom is 0.154 e. The van der Waals surface area contributed by atoms with Gasteiger partial charge in [-0.2, -0.15) is 0 Å². The zero-order valence-electron chi connectivity index (χ0n) is 13.6. The van der Waals surface area contributed by atoms with E-state index in [1.165, 1.54) is 6.42 Å². The highest BCUT2D eigenvalue weighted by atomic mass is 16.5. The zero-order chi connectivity index (χ0) is 15.5. The molecule has 1 aliphatic heterocycles. The second-order valence-electron chi connectivity index (χ2n) is 5.69.